The average molecular weight is 215 g/mol. The SMILES string of the molecule is Cc1ccn2cc(C3CCCN3C)nc2c1. The largest absolute Gasteiger partial charge is 0.307 e. The molecule has 84 valence electrons. The fourth-order valence-corrected chi connectivity index (χ4v) is 2.55. The molecule has 1 aliphatic heterocycles. The van der Waals surface area contributed by atoms with Gasteiger partial charge < -0.3 is 4.40 Å². The molecule has 0 bridgehead atoms. The second-order valence-corrected chi connectivity index (χ2v) is 4.77. The summed E-state index contributed by atoms with van der Waals surface area (Å²) in [6.45, 7) is 3.30. The number of hydrogen-bond donors (Lipinski definition) is 0. The van der Waals surface area contributed by atoms with Crippen molar-refractivity contribution in [2.24, 2.45) is 0 Å². The van der Waals surface area contributed by atoms with Crippen molar-refractivity contribution >= 4 is 5.65 Å². The summed E-state index contributed by atoms with van der Waals surface area (Å²) < 4.78 is 2.12. The van der Waals surface area contributed by atoms with Gasteiger partial charge in [0.25, 0.3) is 0 Å². The summed E-state index contributed by atoms with van der Waals surface area (Å²) in [5.74, 6) is 0. The number of likely N-dealkylation sites (tertiary alicyclic amines) is 1. The van der Waals surface area contributed by atoms with E-state index >= 15 is 0 Å². The van der Waals surface area contributed by atoms with Crippen molar-refractivity contribution in [3.05, 3.63) is 35.8 Å². The third kappa shape index (κ3) is 1.52. The van der Waals surface area contributed by atoms with E-state index in [-0.39, 0.29) is 0 Å². The molecule has 1 fully saturated rings. The van der Waals surface area contributed by atoms with Gasteiger partial charge in [-0.25, -0.2) is 4.98 Å². The van der Waals surface area contributed by atoms with E-state index in [1.807, 2.05) is 0 Å². The zero-order valence-electron chi connectivity index (χ0n) is 9.85. The zero-order chi connectivity index (χ0) is 11.1. The Bertz CT molecular complexity index is 515. The molecule has 0 amide bonds. The highest BCUT2D eigenvalue weighted by Crippen LogP contribution is 2.29. The van der Waals surface area contributed by atoms with Crippen molar-refractivity contribution in [3.63, 3.8) is 0 Å². The Kier molecular flexibility index (Phi) is 2.21. The van der Waals surface area contributed by atoms with Crippen LogP contribution in [0, 0.1) is 6.92 Å². The molecule has 3 heterocycles. The highest BCUT2D eigenvalue weighted by Gasteiger charge is 2.24. The molecule has 2 aromatic heterocycles. The average Bonchev–Trinajstić information content (AvgIpc) is 2.82. The van der Waals surface area contributed by atoms with E-state index in [4.69, 9.17) is 4.98 Å². The Morgan fingerprint density at radius 2 is 2.31 bits per heavy atom. The van der Waals surface area contributed by atoms with Gasteiger partial charge in [-0.2, -0.15) is 0 Å². The van der Waals surface area contributed by atoms with Gasteiger partial charge in [0, 0.05) is 12.4 Å². The summed E-state index contributed by atoms with van der Waals surface area (Å²) in [7, 11) is 2.19. The van der Waals surface area contributed by atoms with Gasteiger partial charge in [-0.3, -0.25) is 4.90 Å². The topological polar surface area (TPSA) is 20.5 Å². The Hall–Kier alpha value is -1.35. The first-order valence-corrected chi connectivity index (χ1v) is 5.89. The molecular formula is C13H17N3. The predicted molar refractivity (Wildman–Crippen MR) is 64.5 cm³/mol. The minimum absolute atomic E-state index is 0.514. The molecule has 2 aromatic rings. The highest BCUT2D eigenvalue weighted by molar-refractivity contribution is 5.43. The molecule has 1 aliphatic rings. The molecular weight excluding hydrogens is 198 g/mol. The lowest BCUT2D eigenvalue weighted by atomic mass is 10.2. The van der Waals surface area contributed by atoms with Crippen LogP contribution in [0.4, 0.5) is 0 Å². The fraction of sp³-hybridized carbons (Fsp3) is 0.462. The molecule has 0 radical (unpaired) electrons. The van der Waals surface area contributed by atoms with E-state index in [9.17, 15) is 0 Å². The van der Waals surface area contributed by atoms with E-state index in [0.29, 0.717) is 6.04 Å². The maximum Gasteiger partial charge on any atom is 0.137 e. The summed E-state index contributed by atoms with van der Waals surface area (Å²) >= 11 is 0. The predicted octanol–water partition coefficient (Wildman–Crippen LogP) is 2.41. The molecule has 3 nitrogen and oxygen atoms in total. The number of pyridine rings is 1. The van der Waals surface area contributed by atoms with Crippen LogP contribution in [0.25, 0.3) is 5.65 Å². The van der Waals surface area contributed by atoms with Crippen LogP contribution in [0.5, 0.6) is 0 Å². The first kappa shape index (κ1) is 9.85. The maximum atomic E-state index is 4.73. The molecule has 3 heteroatoms. The van der Waals surface area contributed by atoms with Gasteiger partial charge in [-0.05, 0) is 51.1 Å². The van der Waals surface area contributed by atoms with Gasteiger partial charge in [0.1, 0.15) is 5.65 Å². The first-order chi connectivity index (χ1) is 7.74. The summed E-state index contributed by atoms with van der Waals surface area (Å²) in [5.41, 5.74) is 3.55. The lowest BCUT2D eigenvalue weighted by Crippen LogP contribution is -2.17. The smallest absolute Gasteiger partial charge is 0.137 e. The van der Waals surface area contributed by atoms with Gasteiger partial charge in [0.15, 0.2) is 0 Å². The van der Waals surface area contributed by atoms with Crippen LogP contribution in [0.15, 0.2) is 24.5 Å². The first-order valence-electron chi connectivity index (χ1n) is 5.89. The van der Waals surface area contributed by atoms with E-state index in [2.05, 4.69) is 47.8 Å². The molecule has 0 spiro atoms. The minimum Gasteiger partial charge on any atom is -0.307 e. The molecule has 0 aromatic carbocycles. The second kappa shape index (κ2) is 3.59. The quantitative estimate of drug-likeness (QED) is 0.728. The lowest BCUT2D eigenvalue weighted by molar-refractivity contribution is 0.313. The van der Waals surface area contributed by atoms with Crippen LogP contribution in [-0.2, 0) is 0 Å². The molecule has 0 N–H and O–H groups in total. The summed E-state index contributed by atoms with van der Waals surface area (Å²) in [5, 5.41) is 0. The monoisotopic (exact) mass is 215 g/mol. The Balaban J connectivity index is 2.04. The molecule has 16 heavy (non-hydrogen) atoms. The minimum atomic E-state index is 0.514. The van der Waals surface area contributed by atoms with Crippen LogP contribution in [0.1, 0.15) is 30.1 Å². The van der Waals surface area contributed by atoms with Crippen molar-refractivity contribution in [1.29, 1.82) is 0 Å². The highest BCUT2D eigenvalue weighted by atomic mass is 15.2. The maximum absolute atomic E-state index is 4.73. The van der Waals surface area contributed by atoms with Gasteiger partial charge in [-0.1, -0.05) is 0 Å². The number of rotatable bonds is 1. The number of imidazole rings is 1. The standard InChI is InChI=1S/C13H17N3/c1-10-5-7-16-9-11(14-13(16)8-10)12-4-3-6-15(12)2/h5,7-9,12H,3-4,6H2,1-2H3. The van der Waals surface area contributed by atoms with Crippen molar-refractivity contribution in [1.82, 2.24) is 14.3 Å². The Morgan fingerprint density at radius 3 is 3.06 bits per heavy atom. The van der Waals surface area contributed by atoms with Gasteiger partial charge in [0.2, 0.25) is 0 Å². The van der Waals surface area contributed by atoms with Crippen molar-refractivity contribution in [2.45, 2.75) is 25.8 Å². The summed E-state index contributed by atoms with van der Waals surface area (Å²) in [6, 6.07) is 4.77. The van der Waals surface area contributed by atoms with Crippen LogP contribution >= 0.6 is 0 Å². The van der Waals surface area contributed by atoms with Crippen LogP contribution in [0.2, 0.25) is 0 Å². The molecule has 0 saturated carbocycles. The number of aromatic nitrogens is 2. The number of nitrogens with zero attached hydrogens (tertiary/aromatic N) is 3. The van der Waals surface area contributed by atoms with Gasteiger partial charge >= 0.3 is 0 Å². The fourth-order valence-electron chi connectivity index (χ4n) is 2.55. The van der Waals surface area contributed by atoms with E-state index in [0.717, 1.165) is 5.65 Å². The van der Waals surface area contributed by atoms with Crippen LogP contribution in [0.3, 0.4) is 0 Å². The van der Waals surface area contributed by atoms with Crippen LogP contribution < -0.4 is 0 Å². The summed E-state index contributed by atoms with van der Waals surface area (Å²) in [6.07, 6.45) is 6.78. The molecule has 0 aliphatic carbocycles. The third-order valence-electron chi connectivity index (χ3n) is 3.50. The Labute approximate surface area is 95.7 Å². The van der Waals surface area contributed by atoms with E-state index < -0.39 is 0 Å². The van der Waals surface area contributed by atoms with Crippen molar-refractivity contribution < 1.29 is 0 Å². The Morgan fingerprint density at radius 1 is 1.44 bits per heavy atom. The van der Waals surface area contributed by atoms with Crippen LogP contribution in [-0.4, -0.2) is 27.9 Å². The molecule has 3 rings (SSSR count). The molecule has 1 atom stereocenters. The normalized spacial score (nSPS) is 22.0. The molecule has 1 saturated heterocycles. The second-order valence-electron chi connectivity index (χ2n) is 4.77. The number of hydrogen-bond acceptors (Lipinski definition) is 2. The number of aryl methyl sites for hydroxylation is 1. The summed E-state index contributed by atoms with van der Waals surface area (Å²) in [4.78, 5) is 7.12. The molecule has 1 unspecified atom stereocenters. The number of fused-ring (bicyclic) bond motifs is 1. The van der Waals surface area contributed by atoms with Gasteiger partial charge in [0.05, 0.1) is 11.7 Å². The van der Waals surface area contributed by atoms with Crippen molar-refractivity contribution in [2.75, 3.05) is 13.6 Å². The van der Waals surface area contributed by atoms with E-state index in [1.54, 1.807) is 0 Å². The third-order valence-corrected chi connectivity index (χ3v) is 3.50. The van der Waals surface area contributed by atoms with Crippen molar-refractivity contribution in [3.8, 4) is 0 Å². The lowest BCUT2D eigenvalue weighted by Gasteiger charge is -2.16. The van der Waals surface area contributed by atoms with E-state index in [1.165, 1.54) is 30.6 Å². The zero-order valence-corrected chi connectivity index (χ0v) is 9.85. The van der Waals surface area contributed by atoms with Gasteiger partial charge in [-0.15, -0.1) is 0 Å².